The number of carbonyl (C=O) groups excluding carboxylic acids is 3. The van der Waals surface area contributed by atoms with Gasteiger partial charge in [-0.2, -0.15) is 0 Å². The Bertz CT molecular complexity index is 1260. The lowest BCUT2D eigenvalue weighted by Gasteiger charge is -2.18. The maximum atomic E-state index is 12.8. The Morgan fingerprint density at radius 2 is 0.582 bits per heavy atom. The maximum Gasteiger partial charge on any atom is 0.306 e. The Morgan fingerprint density at radius 3 is 0.925 bits per heavy atom. The molecule has 386 valence electrons. The molecule has 0 amide bonds. The second kappa shape index (κ2) is 55.4. The molecule has 67 heavy (non-hydrogen) atoms. The van der Waals surface area contributed by atoms with Crippen LogP contribution in [-0.4, -0.2) is 37.2 Å². The van der Waals surface area contributed by atoms with E-state index in [1.807, 2.05) is 0 Å². The van der Waals surface area contributed by atoms with Crippen molar-refractivity contribution in [2.24, 2.45) is 0 Å². The molecule has 0 aliphatic heterocycles. The number of carbonyl (C=O) groups is 3. The van der Waals surface area contributed by atoms with E-state index in [4.69, 9.17) is 14.2 Å². The highest BCUT2D eigenvalue weighted by molar-refractivity contribution is 5.71. The zero-order valence-corrected chi connectivity index (χ0v) is 44.2. The Kier molecular flexibility index (Phi) is 52.8. The third-order valence-electron chi connectivity index (χ3n) is 12.2. The van der Waals surface area contributed by atoms with Gasteiger partial charge in [0.1, 0.15) is 13.2 Å². The third kappa shape index (κ3) is 53.7. The van der Waals surface area contributed by atoms with Crippen LogP contribution in [-0.2, 0) is 28.6 Å². The van der Waals surface area contributed by atoms with Gasteiger partial charge in [-0.25, -0.2) is 0 Å². The fourth-order valence-corrected chi connectivity index (χ4v) is 7.89. The molecular weight excluding hydrogens is 829 g/mol. The van der Waals surface area contributed by atoms with Crippen LogP contribution in [0, 0.1) is 0 Å². The topological polar surface area (TPSA) is 78.9 Å². The molecule has 0 aromatic heterocycles. The van der Waals surface area contributed by atoms with Gasteiger partial charge in [0, 0.05) is 19.3 Å². The Balaban J connectivity index is 4.43. The van der Waals surface area contributed by atoms with E-state index < -0.39 is 6.10 Å². The summed E-state index contributed by atoms with van der Waals surface area (Å²) in [7, 11) is 0. The van der Waals surface area contributed by atoms with Crippen LogP contribution >= 0.6 is 0 Å². The lowest BCUT2D eigenvalue weighted by molar-refractivity contribution is -0.167. The van der Waals surface area contributed by atoms with Crippen molar-refractivity contribution < 1.29 is 28.6 Å². The second-order valence-electron chi connectivity index (χ2n) is 18.8. The van der Waals surface area contributed by atoms with Crippen LogP contribution < -0.4 is 0 Å². The van der Waals surface area contributed by atoms with Gasteiger partial charge >= 0.3 is 17.9 Å². The van der Waals surface area contributed by atoms with Gasteiger partial charge in [0.2, 0.25) is 0 Å². The van der Waals surface area contributed by atoms with Gasteiger partial charge in [-0.15, -0.1) is 0 Å². The van der Waals surface area contributed by atoms with Crippen LogP contribution in [0.3, 0.4) is 0 Å². The minimum atomic E-state index is -0.793. The quantitative estimate of drug-likeness (QED) is 0.0262. The molecule has 0 fully saturated rings. The van der Waals surface area contributed by atoms with Crippen LogP contribution in [0.5, 0.6) is 0 Å². The van der Waals surface area contributed by atoms with E-state index in [0.29, 0.717) is 19.3 Å². The molecule has 0 saturated heterocycles. The largest absolute Gasteiger partial charge is 0.462 e. The van der Waals surface area contributed by atoms with Crippen molar-refractivity contribution in [3.8, 4) is 0 Å². The molecule has 0 radical (unpaired) electrons. The van der Waals surface area contributed by atoms with E-state index in [9.17, 15) is 14.4 Å². The molecule has 0 aromatic carbocycles. The van der Waals surface area contributed by atoms with Crippen LogP contribution in [0.1, 0.15) is 278 Å². The molecule has 0 aromatic rings. The predicted octanol–water partition coefficient (Wildman–Crippen LogP) is 19.0. The van der Waals surface area contributed by atoms with Crippen LogP contribution in [0.15, 0.2) is 72.9 Å². The first-order valence-corrected chi connectivity index (χ1v) is 28.4. The van der Waals surface area contributed by atoms with Crippen molar-refractivity contribution >= 4 is 17.9 Å². The average Bonchev–Trinajstić information content (AvgIpc) is 3.33. The summed E-state index contributed by atoms with van der Waals surface area (Å²) < 4.78 is 16.8. The van der Waals surface area contributed by atoms with Gasteiger partial charge in [-0.3, -0.25) is 14.4 Å². The molecule has 0 spiro atoms. The number of hydrogen-bond acceptors (Lipinski definition) is 6. The van der Waals surface area contributed by atoms with E-state index in [0.717, 1.165) is 103 Å². The van der Waals surface area contributed by atoms with E-state index in [2.05, 4.69) is 93.7 Å². The first-order chi connectivity index (χ1) is 33.0. The van der Waals surface area contributed by atoms with Crippen LogP contribution in [0.4, 0.5) is 0 Å². The van der Waals surface area contributed by atoms with Gasteiger partial charge in [-0.1, -0.05) is 222 Å². The summed E-state index contributed by atoms with van der Waals surface area (Å²) in [6.07, 6.45) is 70.3. The number of unbranched alkanes of at least 4 members (excludes halogenated alkanes) is 28. The number of esters is 3. The van der Waals surface area contributed by atoms with Gasteiger partial charge < -0.3 is 14.2 Å². The Morgan fingerprint density at radius 1 is 0.313 bits per heavy atom. The summed E-state index contributed by atoms with van der Waals surface area (Å²) >= 11 is 0. The van der Waals surface area contributed by atoms with Crippen molar-refractivity contribution in [3.05, 3.63) is 72.9 Å². The molecule has 6 heteroatoms. The number of ether oxygens (including phenoxy) is 3. The summed E-state index contributed by atoms with van der Waals surface area (Å²) in [5.41, 5.74) is 0. The van der Waals surface area contributed by atoms with Crippen LogP contribution in [0.25, 0.3) is 0 Å². The van der Waals surface area contributed by atoms with Gasteiger partial charge in [0.15, 0.2) is 6.10 Å². The van der Waals surface area contributed by atoms with E-state index in [1.54, 1.807) is 0 Å². The Hall–Kier alpha value is -3.15. The maximum absolute atomic E-state index is 12.8. The second-order valence-corrected chi connectivity index (χ2v) is 18.8. The van der Waals surface area contributed by atoms with E-state index in [1.165, 1.54) is 135 Å². The fraction of sp³-hybridized carbons (Fsp3) is 0.754. The van der Waals surface area contributed by atoms with Gasteiger partial charge in [-0.05, 0) is 109 Å². The van der Waals surface area contributed by atoms with Crippen molar-refractivity contribution in [1.82, 2.24) is 0 Å². The molecule has 6 nitrogen and oxygen atoms in total. The minimum Gasteiger partial charge on any atom is -0.462 e. The predicted molar refractivity (Wildman–Crippen MR) is 288 cm³/mol. The van der Waals surface area contributed by atoms with Crippen molar-refractivity contribution in [2.45, 2.75) is 284 Å². The highest BCUT2D eigenvalue weighted by atomic mass is 16.6. The number of allylic oxidation sites excluding steroid dienone is 12. The van der Waals surface area contributed by atoms with Crippen molar-refractivity contribution in [3.63, 3.8) is 0 Å². The molecule has 0 heterocycles. The average molecular weight is 936 g/mol. The smallest absolute Gasteiger partial charge is 0.306 e. The molecule has 0 saturated carbocycles. The van der Waals surface area contributed by atoms with Gasteiger partial charge in [0.25, 0.3) is 0 Å². The highest BCUT2D eigenvalue weighted by Gasteiger charge is 2.19. The molecular formula is C61H106O6. The first-order valence-electron chi connectivity index (χ1n) is 28.4. The number of rotatable bonds is 51. The zero-order valence-electron chi connectivity index (χ0n) is 44.2. The monoisotopic (exact) mass is 935 g/mol. The lowest BCUT2D eigenvalue weighted by Crippen LogP contribution is -2.30. The van der Waals surface area contributed by atoms with Crippen molar-refractivity contribution in [2.75, 3.05) is 13.2 Å². The summed E-state index contributed by atoms with van der Waals surface area (Å²) in [5, 5.41) is 0. The molecule has 0 aliphatic carbocycles. The molecule has 0 bridgehead atoms. The third-order valence-corrected chi connectivity index (χ3v) is 12.2. The minimum absolute atomic E-state index is 0.0898. The SMILES string of the molecule is CC/C=C\C/C=C\C/C=C\C/C=C\CCCCCCC(=O)OC(COC(=O)CCCCCCC/C=C\CCCCCCC)COC(=O)CCCCCCCCC/C=C\CCCCCCCCC. The molecule has 0 aliphatic rings. The summed E-state index contributed by atoms with van der Waals surface area (Å²) in [6, 6.07) is 0. The van der Waals surface area contributed by atoms with Crippen molar-refractivity contribution in [1.29, 1.82) is 0 Å². The normalized spacial score (nSPS) is 12.6. The summed E-state index contributed by atoms with van der Waals surface area (Å²) in [4.78, 5) is 38.1. The molecule has 0 rings (SSSR count). The standard InChI is InChI=1S/C61H106O6/c1-4-7-10-13-16-19-22-25-28-30-32-33-36-39-42-45-48-51-54-60(63)66-57-58(56-65-59(62)53-50-47-44-41-38-35-27-24-21-18-15-12-9-6-3)67-61(64)55-52-49-46-43-40-37-34-31-29-26-23-20-17-14-11-8-5-2/h8,11,17,20,24,26-30,34,37,58H,4-7,9-10,12-16,18-19,21-23,25,31-33,35-36,38-57H2,1-3H3/b11-8-,20-17-,27-24-,29-26-,30-28-,37-34-. The summed E-state index contributed by atoms with van der Waals surface area (Å²) in [6.45, 7) is 6.50. The lowest BCUT2D eigenvalue weighted by atomic mass is 10.1. The first kappa shape index (κ1) is 63.8. The summed E-state index contributed by atoms with van der Waals surface area (Å²) in [5.74, 6) is -0.919. The number of hydrogen-bond donors (Lipinski definition) is 0. The molecule has 1 atom stereocenters. The van der Waals surface area contributed by atoms with E-state index in [-0.39, 0.29) is 31.1 Å². The fourth-order valence-electron chi connectivity index (χ4n) is 7.89. The van der Waals surface area contributed by atoms with Gasteiger partial charge in [0.05, 0.1) is 0 Å². The molecule has 1 unspecified atom stereocenters. The highest BCUT2D eigenvalue weighted by Crippen LogP contribution is 2.15. The molecule has 0 N–H and O–H groups in total. The Labute approximate surface area is 414 Å². The van der Waals surface area contributed by atoms with Crippen LogP contribution in [0.2, 0.25) is 0 Å². The van der Waals surface area contributed by atoms with E-state index >= 15 is 0 Å². The zero-order chi connectivity index (χ0) is 48.6.